The lowest BCUT2D eigenvalue weighted by molar-refractivity contribution is -0.142. The molecule has 3 nitrogen and oxygen atoms in total. The molecule has 114 valence electrons. The van der Waals surface area contributed by atoms with Crippen LogP contribution in [0.4, 0.5) is 0 Å². The summed E-state index contributed by atoms with van der Waals surface area (Å²) in [6.45, 7) is 5.08. The SMILES string of the molecule is Cc1ccccc1C1CCCN1C(=O)C1(C)CCCC1N. The summed E-state index contributed by atoms with van der Waals surface area (Å²) in [5.74, 6) is 0.276. The van der Waals surface area contributed by atoms with Crippen LogP contribution in [0.15, 0.2) is 24.3 Å². The van der Waals surface area contributed by atoms with Gasteiger partial charge in [0.1, 0.15) is 0 Å². The summed E-state index contributed by atoms with van der Waals surface area (Å²) in [5, 5.41) is 0. The highest BCUT2D eigenvalue weighted by molar-refractivity contribution is 5.84. The first-order chi connectivity index (χ1) is 10.0. The van der Waals surface area contributed by atoms with E-state index in [0.717, 1.165) is 38.6 Å². The molecular weight excluding hydrogens is 260 g/mol. The maximum atomic E-state index is 13.1. The maximum absolute atomic E-state index is 13.1. The fourth-order valence-corrected chi connectivity index (χ4v) is 4.08. The quantitative estimate of drug-likeness (QED) is 0.907. The molecule has 1 saturated carbocycles. The van der Waals surface area contributed by atoms with E-state index >= 15 is 0 Å². The number of carbonyl (C=O) groups is 1. The van der Waals surface area contributed by atoms with E-state index in [1.165, 1.54) is 11.1 Å². The average molecular weight is 286 g/mol. The van der Waals surface area contributed by atoms with Crippen molar-refractivity contribution in [2.45, 2.75) is 58.0 Å². The Kier molecular flexibility index (Phi) is 3.78. The standard InChI is InChI=1S/C18H26N2O/c1-13-7-3-4-8-14(13)15-9-6-12-20(15)17(21)18(2)11-5-10-16(18)19/h3-4,7-8,15-16H,5-6,9-12,19H2,1-2H3. The van der Waals surface area contributed by atoms with Crippen LogP contribution in [-0.2, 0) is 4.79 Å². The topological polar surface area (TPSA) is 46.3 Å². The zero-order valence-corrected chi connectivity index (χ0v) is 13.1. The Balaban J connectivity index is 1.88. The molecule has 2 fully saturated rings. The Bertz CT molecular complexity index is 542. The van der Waals surface area contributed by atoms with Gasteiger partial charge in [0.15, 0.2) is 0 Å². The van der Waals surface area contributed by atoms with E-state index in [1.807, 2.05) is 0 Å². The number of nitrogens with zero attached hydrogens (tertiary/aromatic N) is 1. The molecule has 1 saturated heterocycles. The third-order valence-corrected chi connectivity index (χ3v) is 5.58. The first-order valence-electron chi connectivity index (χ1n) is 8.16. The molecule has 1 aliphatic heterocycles. The molecule has 3 rings (SSSR count). The minimum absolute atomic E-state index is 0.0168. The molecule has 2 aliphatic rings. The van der Waals surface area contributed by atoms with E-state index in [4.69, 9.17) is 5.73 Å². The number of benzene rings is 1. The molecular formula is C18H26N2O. The highest BCUT2D eigenvalue weighted by Crippen LogP contribution is 2.43. The van der Waals surface area contributed by atoms with Crippen molar-refractivity contribution in [1.29, 1.82) is 0 Å². The fourth-order valence-electron chi connectivity index (χ4n) is 4.08. The van der Waals surface area contributed by atoms with Crippen molar-refractivity contribution < 1.29 is 4.79 Å². The predicted molar refractivity (Wildman–Crippen MR) is 84.8 cm³/mol. The van der Waals surface area contributed by atoms with Gasteiger partial charge in [0.25, 0.3) is 0 Å². The first-order valence-corrected chi connectivity index (χ1v) is 8.16. The molecule has 1 heterocycles. The van der Waals surface area contributed by atoms with Crippen LogP contribution >= 0.6 is 0 Å². The number of carbonyl (C=O) groups excluding carboxylic acids is 1. The third-order valence-electron chi connectivity index (χ3n) is 5.58. The van der Waals surface area contributed by atoms with Crippen LogP contribution in [0.5, 0.6) is 0 Å². The molecule has 1 amide bonds. The Labute approximate surface area is 127 Å². The van der Waals surface area contributed by atoms with Gasteiger partial charge in [0, 0.05) is 12.6 Å². The van der Waals surface area contributed by atoms with Gasteiger partial charge in [0.05, 0.1) is 11.5 Å². The lowest BCUT2D eigenvalue weighted by Crippen LogP contribution is -2.49. The second kappa shape index (κ2) is 5.45. The molecule has 2 N–H and O–H groups in total. The molecule has 3 atom stereocenters. The minimum atomic E-state index is -0.356. The first kappa shape index (κ1) is 14.6. The van der Waals surface area contributed by atoms with Gasteiger partial charge in [-0.05, 0) is 50.7 Å². The highest BCUT2D eigenvalue weighted by Gasteiger charge is 2.47. The summed E-state index contributed by atoms with van der Waals surface area (Å²) >= 11 is 0. The monoisotopic (exact) mass is 286 g/mol. The zero-order chi connectivity index (χ0) is 15.0. The largest absolute Gasteiger partial charge is 0.335 e. The van der Waals surface area contributed by atoms with E-state index in [1.54, 1.807) is 0 Å². The van der Waals surface area contributed by atoms with Crippen molar-refractivity contribution in [3.8, 4) is 0 Å². The predicted octanol–water partition coefficient (Wildman–Crippen LogP) is 3.18. The molecule has 0 bridgehead atoms. The summed E-state index contributed by atoms with van der Waals surface area (Å²) in [7, 11) is 0. The normalized spacial score (nSPS) is 32.6. The Morgan fingerprint density at radius 1 is 1.29 bits per heavy atom. The molecule has 1 aromatic rings. The van der Waals surface area contributed by atoms with Crippen molar-refractivity contribution >= 4 is 5.91 Å². The molecule has 3 unspecified atom stereocenters. The smallest absolute Gasteiger partial charge is 0.230 e. The van der Waals surface area contributed by atoms with Crippen LogP contribution in [0.25, 0.3) is 0 Å². The van der Waals surface area contributed by atoms with E-state index in [-0.39, 0.29) is 23.4 Å². The van der Waals surface area contributed by atoms with E-state index in [0.29, 0.717) is 0 Å². The van der Waals surface area contributed by atoms with Gasteiger partial charge in [0.2, 0.25) is 5.91 Å². The molecule has 21 heavy (non-hydrogen) atoms. The number of nitrogens with two attached hydrogens (primary N) is 1. The van der Waals surface area contributed by atoms with Gasteiger partial charge >= 0.3 is 0 Å². The molecule has 1 aromatic carbocycles. The molecule has 0 spiro atoms. The van der Waals surface area contributed by atoms with Crippen molar-refractivity contribution in [2.24, 2.45) is 11.1 Å². The second-order valence-electron chi connectivity index (χ2n) is 6.93. The summed E-state index contributed by atoms with van der Waals surface area (Å²) < 4.78 is 0. The summed E-state index contributed by atoms with van der Waals surface area (Å²) in [6.07, 6.45) is 5.15. The summed E-state index contributed by atoms with van der Waals surface area (Å²) in [4.78, 5) is 15.2. The van der Waals surface area contributed by atoms with Crippen molar-refractivity contribution in [2.75, 3.05) is 6.54 Å². The summed E-state index contributed by atoms with van der Waals surface area (Å²) in [5.41, 5.74) is 8.48. The van der Waals surface area contributed by atoms with Crippen LogP contribution in [0.1, 0.15) is 56.2 Å². The Morgan fingerprint density at radius 3 is 2.71 bits per heavy atom. The second-order valence-corrected chi connectivity index (χ2v) is 6.93. The van der Waals surface area contributed by atoms with Gasteiger partial charge < -0.3 is 10.6 Å². The number of hydrogen-bond acceptors (Lipinski definition) is 2. The summed E-state index contributed by atoms with van der Waals surface area (Å²) in [6, 6.07) is 8.70. The molecule has 0 aromatic heterocycles. The molecule has 1 aliphatic carbocycles. The Morgan fingerprint density at radius 2 is 2.05 bits per heavy atom. The maximum Gasteiger partial charge on any atom is 0.230 e. The van der Waals surface area contributed by atoms with Gasteiger partial charge in [-0.2, -0.15) is 0 Å². The van der Waals surface area contributed by atoms with E-state index < -0.39 is 0 Å². The van der Waals surface area contributed by atoms with Gasteiger partial charge in [-0.1, -0.05) is 30.7 Å². The molecule has 0 radical (unpaired) electrons. The van der Waals surface area contributed by atoms with Crippen LogP contribution in [0.3, 0.4) is 0 Å². The molecule has 3 heteroatoms. The van der Waals surface area contributed by atoms with E-state index in [9.17, 15) is 4.79 Å². The zero-order valence-electron chi connectivity index (χ0n) is 13.1. The lowest BCUT2D eigenvalue weighted by Gasteiger charge is -2.36. The number of rotatable bonds is 2. The van der Waals surface area contributed by atoms with Crippen molar-refractivity contribution in [3.63, 3.8) is 0 Å². The fraction of sp³-hybridized carbons (Fsp3) is 0.611. The Hall–Kier alpha value is -1.35. The van der Waals surface area contributed by atoms with Crippen molar-refractivity contribution in [1.82, 2.24) is 4.90 Å². The third kappa shape index (κ3) is 2.38. The van der Waals surface area contributed by atoms with Crippen LogP contribution in [-0.4, -0.2) is 23.4 Å². The van der Waals surface area contributed by atoms with Crippen LogP contribution in [0.2, 0.25) is 0 Å². The van der Waals surface area contributed by atoms with Crippen molar-refractivity contribution in [3.05, 3.63) is 35.4 Å². The number of hydrogen-bond donors (Lipinski definition) is 1. The van der Waals surface area contributed by atoms with Gasteiger partial charge in [-0.15, -0.1) is 0 Å². The van der Waals surface area contributed by atoms with Crippen LogP contribution < -0.4 is 5.73 Å². The highest BCUT2D eigenvalue weighted by atomic mass is 16.2. The number of likely N-dealkylation sites (tertiary alicyclic amines) is 1. The van der Waals surface area contributed by atoms with Gasteiger partial charge in [-0.3, -0.25) is 4.79 Å². The van der Waals surface area contributed by atoms with Gasteiger partial charge in [-0.25, -0.2) is 0 Å². The lowest BCUT2D eigenvalue weighted by atomic mass is 9.83. The minimum Gasteiger partial charge on any atom is -0.335 e. The van der Waals surface area contributed by atoms with E-state index in [2.05, 4.69) is 43.0 Å². The average Bonchev–Trinajstić information content (AvgIpc) is 3.07. The number of aryl methyl sites for hydroxylation is 1. The number of amides is 1. The van der Waals surface area contributed by atoms with Crippen LogP contribution in [0, 0.1) is 12.3 Å².